The Labute approximate surface area is 269 Å². The third kappa shape index (κ3) is 8.07. The summed E-state index contributed by atoms with van der Waals surface area (Å²) in [6, 6.07) is 10.1. The first kappa shape index (κ1) is 33.4. The molecule has 1 amide bonds. The zero-order chi connectivity index (χ0) is 32.1. The molecule has 3 N–H and O–H groups in total. The highest BCUT2D eigenvalue weighted by molar-refractivity contribution is 9.10. The topological polar surface area (TPSA) is 105 Å². The van der Waals surface area contributed by atoms with Crippen molar-refractivity contribution >= 4 is 33.7 Å². The van der Waals surface area contributed by atoms with Crippen molar-refractivity contribution < 1.29 is 32.5 Å². The standard InChI is InChI=1S/C30H39BrF3N7O4/c1-3-23-16-26(25-15-21(30(32,33)34)8-9-27(25)41(23)29(43)45-4-2)35-28-36-37-40(19-24(42)18-38-10-12-44-13-11-38)39(28)17-20-6-5-7-22(31)14-20/h5-9,14-15,23-24,26,37,42H,3-4,10-13,16-19H2,1-2H3,(H,35,36)/t23-,24?,26+/m1/s1. The van der Waals surface area contributed by atoms with Crippen LogP contribution in [0.15, 0.2) is 51.9 Å². The Bertz CT molecular complexity index is 1360. The van der Waals surface area contributed by atoms with Crippen molar-refractivity contribution in [2.45, 2.75) is 57.6 Å². The predicted octanol–water partition coefficient (Wildman–Crippen LogP) is 4.45. The van der Waals surface area contributed by atoms with Gasteiger partial charge in [0, 0.05) is 35.7 Å². The summed E-state index contributed by atoms with van der Waals surface area (Å²) >= 11 is 3.52. The molecule has 3 atom stereocenters. The molecule has 2 aromatic carbocycles. The van der Waals surface area contributed by atoms with E-state index in [-0.39, 0.29) is 24.8 Å². The zero-order valence-corrected chi connectivity index (χ0v) is 26.9. The number of rotatable bonds is 9. The van der Waals surface area contributed by atoms with Gasteiger partial charge in [0.25, 0.3) is 0 Å². The molecule has 0 bridgehead atoms. The number of anilines is 1. The van der Waals surface area contributed by atoms with Gasteiger partial charge in [0.1, 0.15) is 0 Å². The van der Waals surface area contributed by atoms with Crippen LogP contribution in [0.1, 0.15) is 49.4 Å². The van der Waals surface area contributed by atoms with Crippen LogP contribution in [-0.2, 0) is 22.2 Å². The molecule has 0 radical (unpaired) electrons. The molecule has 3 aliphatic heterocycles. The summed E-state index contributed by atoms with van der Waals surface area (Å²) in [5.41, 5.74) is 6.91. The molecule has 0 aliphatic carbocycles. The molecule has 246 valence electrons. The predicted molar refractivity (Wildman–Crippen MR) is 166 cm³/mol. The van der Waals surface area contributed by atoms with Crippen molar-refractivity contribution in [2.24, 2.45) is 4.99 Å². The van der Waals surface area contributed by atoms with E-state index in [9.17, 15) is 23.1 Å². The van der Waals surface area contributed by atoms with Crippen LogP contribution in [0.25, 0.3) is 0 Å². The fraction of sp³-hybridized carbons (Fsp3) is 0.533. The molecule has 0 saturated carbocycles. The quantitative estimate of drug-likeness (QED) is 0.351. The molecule has 1 unspecified atom stereocenters. The maximum atomic E-state index is 13.9. The summed E-state index contributed by atoms with van der Waals surface area (Å²) in [4.78, 5) is 21.6. The highest BCUT2D eigenvalue weighted by Crippen LogP contribution is 2.43. The minimum Gasteiger partial charge on any atom is -0.449 e. The van der Waals surface area contributed by atoms with Crippen LogP contribution in [0.5, 0.6) is 0 Å². The molecule has 2 aromatic rings. The number of aliphatic hydroxyl groups excluding tert-OH is 1. The lowest BCUT2D eigenvalue weighted by Gasteiger charge is -2.39. The number of hydrazine groups is 3. The summed E-state index contributed by atoms with van der Waals surface area (Å²) in [5, 5.41) is 14.6. The maximum Gasteiger partial charge on any atom is 0.416 e. The normalized spacial score (nSPS) is 22.8. The number of nitrogens with one attached hydrogen (secondary N) is 2. The van der Waals surface area contributed by atoms with Crippen molar-refractivity contribution in [2.75, 3.05) is 50.9 Å². The van der Waals surface area contributed by atoms with Gasteiger partial charge in [-0.1, -0.05) is 35.0 Å². The first-order valence-electron chi connectivity index (χ1n) is 15.1. The Balaban J connectivity index is 1.48. The number of alkyl halides is 3. The number of benzene rings is 2. The number of aliphatic imine (C=N–C) groups is 1. The molecular weight excluding hydrogens is 659 g/mol. The number of hydrogen-bond acceptors (Lipinski definition) is 8. The van der Waals surface area contributed by atoms with Gasteiger partial charge >= 0.3 is 12.3 Å². The smallest absolute Gasteiger partial charge is 0.416 e. The molecule has 15 heteroatoms. The minimum absolute atomic E-state index is 0.140. The lowest BCUT2D eigenvalue weighted by atomic mass is 9.89. The van der Waals surface area contributed by atoms with E-state index in [1.165, 1.54) is 11.0 Å². The lowest BCUT2D eigenvalue weighted by Crippen LogP contribution is -2.50. The second-order valence-corrected chi connectivity index (χ2v) is 12.1. The van der Waals surface area contributed by atoms with Gasteiger partial charge in [-0.2, -0.15) is 13.2 Å². The number of amides is 1. The van der Waals surface area contributed by atoms with Gasteiger partial charge in [-0.25, -0.2) is 9.79 Å². The van der Waals surface area contributed by atoms with E-state index < -0.39 is 30.0 Å². The largest absolute Gasteiger partial charge is 0.449 e. The Morgan fingerprint density at radius 2 is 1.96 bits per heavy atom. The van der Waals surface area contributed by atoms with E-state index in [1.807, 2.05) is 36.2 Å². The van der Waals surface area contributed by atoms with Crippen LogP contribution in [0.4, 0.5) is 23.7 Å². The van der Waals surface area contributed by atoms with Crippen molar-refractivity contribution in [3.63, 3.8) is 0 Å². The first-order valence-corrected chi connectivity index (χ1v) is 15.9. The zero-order valence-electron chi connectivity index (χ0n) is 25.3. The number of morpholine rings is 1. The number of hydrogen-bond donors (Lipinski definition) is 3. The Morgan fingerprint density at radius 3 is 2.64 bits per heavy atom. The highest BCUT2D eigenvalue weighted by atomic mass is 79.9. The molecule has 0 spiro atoms. The van der Waals surface area contributed by atoms with Crippen molar-refractivity contribution in [3.8, 4) is 0 Å². The van der Waals surface area contributed by atoms with Gasteiger partial charge in [-0.15, -0.1) is 10.7 Å². The van der Waals surface area contributed by atoms with Gasteiger partial charge < -0.3 is 14.6 Å². The average molecular weight is 699 g/mol. The van der Waals surface area contributed by atoms with Crippen LogP contribution in [0.2, 0.25) is 0 Å². The summed E-state index contributed by atoms with van der Waals surface area (Å²) in [5.74, 6) is 0.376. The van der Waals surface area contributed by atoms with Crippen molar-refractivity contribution in [1.29, 1.82) is 0 Å². The first-order chi connectivity index (χ1) is 21.6. The summed E-state index contributed by atoms with van der Waals surface area (Å²) in [6.45, 7) is 7.48. The summed E-state index contributed by atoms with van der Waals surface area (Å²) in [6.07, 6.45) is -5.05. The average Bonchev–Trinajstić information content (AvgIpc) is 3.36. The molecule has 2 fully saturated rings. The van der Waals surface area contributed by atoms with E-state index in [0.29, 0.717) is 50.8 Å². The number of guanidine groups is 1. The van der Waals surface area contributed by atoms with Crippen LogP contribution in [0.3, 0.4) is 0 Å². The third-order valence-electron chi connectivity index (χ3n) is 8.06. The van der Waals surface area contributed by atoms with Crippen molar-refractivity contribution in [1.82, 2.24) is 26.0 Å². The molecule has 5 rings (SSSR count). The van der Waals surface area contributed by atoms with E-state index >= 15 is 0 Å². The SMILES string of the molecule is CCOC(=O)N1c2ccc(C(F)(F)F)cc2[C@@H](N=C2NNN(CC(O)CN3CCOCC3)N2Cc2cccc(Br)c2)C[C@H]1CC. The fourth-order valence-electron chi connectivity index (χ4n) is 5.87. The van der Waals surface area contributed by atoms with E-state index in [1.54, 1.807) is 12.0 Å². The van der Waals surface area contributed by atoms with E-state index in [4.69, 9.17) is 14.5 Å². The van der Waals surface area contributed by atoms with Crippen LogP contribution < -0.4 is 15.9 Å². The summed E-state index contributed by atoms with van der Waals surface area (Å²) < 4.78 is 53.2. The van der Waals surface area contributed by atoms with Crippen LogP contribution in [0, 0.1) is 0 Å². The molecule has 3 heterocycles. The molecular formula is C30H39BrF3N7O4. The fourth-order valence-corrected chi connectivity index (χ4v) is 6.31. The van der Waals surface area contributed by atoms with Crippen LogP contribution >= 0.6 is 15.9 Å². The number of β-amino-alcohol motifs (C(OH)–C–C–N with tert-alkyl or cyclic N) is 1. The van der Waals surface area contributed by atoms with Gasteiger partial charge in [-0.3, -0.25) is 20.2 Å². The van der Waals surface area contributed by atoms with E-state index in [0.717, 1.165) is 35.3 Å². The summed E-state index contributed by atoms with van der Waals surface area (Å²) in [7, 11) is 0. The lowest BCUT2D eigenvalue weighted by molar-refractivity contribution is -0.137. The highest BCUT2D eigenvalue weighted by Gasteiger charge is 2.40. The number of fused-ring (bicyclic) bond motifs is 1. The Hall–Kier alpha value is -2.95. The van der Waals surface area contributed by atoms with E-state index in [2.05, 4.69) is 31.8 Å². The monoisotopic (exact) mass is 697 g/mol. The van der Waals surface area contributed by atoms with Crippen LogP contribution in [-0.4, -0.2) is 90.3 Å². The molecule has 3 aliphatic rings. The number of carbonyl (C=O) groups is 1. The number of ether oxygens (including phenoxy) is 2. The van der Waals surface area contributed by atoms with Gasteiger partial charge in [0.2, 0.25) is 5.96 Å². The molecule has 45 heavy (non-hydrogen) atoms. The Morgan fingerprint density at radius 1 is 1.18 bits per heavy atom. The number of aliphatic hydroxyl groups is 1. The molecule has 11 nitrogen and oxygen atoms in total. The number of carbonyl (C=O) groups excluding carboxylic acids is 1. The van der Waals surface area contributed by atoms with Gasteiger partial charge in [0.15, 0.2) is 0 Å². The number of halogens is 4. The second-order valence-electron chi connectivity index (χ2n) is 11.2. The molecule has 2 saturated heterocycles. The minimum atomic E-state index is -4.57. The molecule has 0 aromatic heterocycles. The number of nitrogens with zero attached hydrogens (tertiary/aromatic N) is 5. The van der Waals surface area contributed by atoms with Gasteiger partial charge in [0.05, 0.1) is 56.3 Å². The maximum absolute atomic E-state index is 13.9. The third-order valence-corrected chi connectivity index (χ3v) is 8.55. The van der Waals surface area contributed by atoms with Crippen molar-refractivity contribution in [3.05, 3.63) is 63.6 Å². The van der Waals surface area contributed by atoms with Gasteiger partial charge in [-0.05, 0) is 55.7 Å². The second kappa shape index (κ2) is 14.6. The Kier molecular flexibility index (Phi) is 10.9.